The molecule has 0 spiro atoms. The predicted octanol–water partition coefficient (Wildman–Crippen LogP) is 4.35. The molecule has 5 nitrogen and oxygen atoms in total. The lowest BCUT2D eigenvalue weighted by atomic mass is 9.77. The quantitative estimate of drug-likeness (QED) is 0.212. The third-order valence-corrected chi connectivity index (χ3v) is 7.20. The van der Waals surface area contributed by atoms with Crippen molar-refractivity contribution in [1.82, 2.24) is 15.3 Å². The van der Waals surface area contributed by atoms with Gasteiger partial charge in [0.05, 0.1) is 0 Å². The van der Waals surface area contributed by atoms with Gasteiger partial charge < -0.3 is 14.6 Å². The van der Waals surface area contributed by atoms with Crippen molar-refractivity contribution >= 4 is 36.1 Å². The number of nitrogens with zero attached hydrogens (tertiary/aromatic N) is 2. The normalized spacial score (nSPS) is 14.6. The molecule has 4 rings (SSSR count). The van der Waals surface area contributed by atoms with Crippen LogP contribution in [-0.4, -0.2) is 43.4 Å². The highest BCUT2D eigenvalue weighted by atomic mass is 32.2. The Morgan fingerprint density at radius 1 is 0.848 bits per heavy atom. The highest BCUT2D eigenvalue weighted by Crippen LogP contribution is 2.26. The second kappa shape index (κ2) is 13.2. The Morgan fingerprint density at radius 2 is 1.45 bits per heavy atom. The molecule has 1 saturated heterocycles. The molecule has 8 heteroatoms. The Balaban J connectivity index is 1.64. The molecule has 2 aromatic carbocycles. The van der Waals surface area contributed by atoms with E-state index >= 15 is 0 Å². The minimum atomic E-state index is -0.430. The Hall–Kier alpha value is -1.84. The van der Waals surface area contributed by atoms with E-state index in [1.807, 2.05) is 12.1 Å². The Bertz CT molecular complexity index is 988. The Morgan fingerprint density at radius 3 is 2.06 bits per heavy atom. The monoisotopic (exact) mass is 479 g/mol. The number of thioether (sulfide) groups is 2. The number of rotatable bonds is 9. The SMILES string of the molecule is CCCc1nc(SCc2ccccc2)nc(SCc2ccccc2)c1B1OCCNCCO1. The fourth-order valence-electron chi connectivity index (χ4n) is 3.57. The second-order valence-electron chi connectivity index (χ2n) is 7.79. The van der Waals surface area contributed by atoms with E-state index in [1.165, 1.54) is 11.1 Å². The second-order valence-corrected chi connectivity index (χ2v) is 9.70. The molecule has 1 aliphatic heterocycles. The van der Waals surface area contributed by atoms with Crippen molar-refractivity contribution in [3.05, 3.63) is 77.5 Å². The molecule has 1 fully saturated rings. The minimum absolute atomic E-state index is 0.430. The zero-order valence-corrected chi connectivity index (χ0v) is 20.7. The Kier molecular flexibility index (Phi) is 9.68. The molecule has 172 valence electrons. The van der Waals surface area contributed by atoms with Gasteiger partial charge in [0.1, 0.15) is 5.03 Å². The largest absolute Gasteiger partial charge is 0.498 e. The molecule has 0 amide bonds. The number of hydrogen-bond acceptors (Lipinski definition) is 7. The first-order chi connectivity index (χ1) is 16.3. The summed E-state index contributed by atoms with van der Waals surface area (Å²) in [6.07, 6.45) is 1.88. The van der Waals surface area contributed by atoms with Crippen LogP contribution in [0.4, 0.5) is 0 Å². The van der Waals surface area contributed by atoms with Crippen molar-refractivity contribution in [3.63, 3.8) is 0 Å². The lowest BCUT2D eigenvalue weighted by Crippen LogP contribution is -2.46. The number of nitrogens with one attached hydrogen (secondary N) is 1. The summed E-state index contributed by atoms with van der Waals surface area (Å²) >= 11 is 3.43. The van der Waals surface area contributed by atoms with Crippen LogP contribution in [0.15, 0.2) is 70.8 Å². The molecule has 2 heterocycles. The molecular weight excluding hydrogens is 449 g/mol. The first-order valence-electron chi connectivity index (χ1n) is 11.5. The van der Waals surface area contributed by atoms with Gasteiger partial charge in [0.25, 0.3) is 0 Å². The van der Waals surface area contributed by atoms with E-state index in [0.29, 0.717) is 13.2 Å². The summed E-state index contributed by atoms with van der Waals surface area (Å²) in [5.74, 6) is 1.68. The third-order valence-electron chi connectivity index (χ3n) is 5.22. The molecule has 0 aliphatic carbocycles. The maximum Gasteiger partial charge on any atom is 0.498 e. The van der Waals surface area contributed by atoms with Crippen LogP contribution >= 0.6 is 23.5 Å². The topological polar surface area (TPSA) is 56.3 Å². The maximum atomic E-state index is 6.13. The summed E-state index contributed by atoms with van der Waals surface area (Å²) in [6, 6.07) is 21.0. The molecule has 1 aliphatic rings. The lowest BCUT2D eigenvalue weighted by molar-refractivity contribution is 0.186. The zero-order valence-electron chi connectivity index (χ0n) is 19.0. The molecule has 0 bridgehead atoms. The summed E-state index contributed by atoms with van der Waals surface area (Å²) in [4.78, 5) is 10.00. The highest BCUT2D eigenvalue weighted by molar-refractivity contribution is 7.99. The van der Waals surface area contributed by atoms with Gasteiger partial charge in [-0.3, -0.25) is 0 Å². The number of aromatic nitrogens is 2. The number of hydrogen-bond donors (Lipinski definition) is 1. The summed E-state index contributed by atoms with van der Waals surface area (Å²) in [5.41, 5.74) is 4.58. The van der Waals surface area contributed by atoms with Crippen molar-refractivity contribution in [2.45, 2.75) is 41.5 Å². The van der Waals surface area contributed by atoms with Gasteiger partial charge in [-0.1, -0.05) is 85.8 Å². The van der Waals surface area contributed by atoms with E-state index in [4.69, 9.17) is 19.3 Å². The van der Waals surface area contributed by atoms with Crippen molar-refractivity contribution in [2.75, 3.05) is 26.3 Å². The number of benzene rings is 2. The van der Waals surface area contributed by atoms with Gasteiger partial charge in [0.15, 0.2) is 5.16 Å². The minimum Gasteiger partial charge on any atom is -0.406 e. The van der Waals surface area contributed by atoms with Crippen LogP contribution in [-0.2, 0) is 27.2 Å². The van der Waals surface area contributed by atoms with Crippen LogP contribution in [0.5, 0.6) is 0 Å². The molecule has 0 radical (unpaired) electrons. The predicted molar refractivity (Wildman–Crippen MR) is 138 cm³/mol. The fraction of sp³-hybridized carbons (Fsp3) is 0.360. The van der Waals surface area contributed by atoms with Gasteiger partial charge in [0.2, 0.25) is 0 Å². The molecule has 1 aromatic heterocycles. The summed E-state index contributed by atoms with van der Waals surface area (Å²) in [7, 11) is -0.430. The molecule has 0 unspecified atom stereocenters. The summed E-state index contributed by atoms with van der Waals surface area (Å²) < 4.78 is 12.3. The number of aryl methyl sites for hydroxylation is 1. The maximum absolute atomic E-state index is 6.13. The average molecular weight is 479 g/mol. The van der Waals surface area contributed by atoms with Crippen molar-refractivity contribution in [1.29, 1.82) is 0 Å². The van der Waals surface area contributed by atoms with Gasteiger partial charge in [-0.05, 0) is 17.5 Å². The molecule has 0 saturated carbocycles. The van der Waals surface area contributed by atoms with Crippen molar-refractivity contribution in [3.8, 4) is 0 Å². The zero-order chi connectivity index (χ0) is 22.7. The van der Waals surface area contributed by atoms with Crippen LogP contribution in [0.1, 0.15) is 30.2 Å². The standard InChI is InChI=1S/C25H30BN3O2S2/c1-2-9-22-23(26-30-16-14-27-15-17-31-26)24(32-18-20-10-5-3-6-11-20)29-25(28-22)33-19-21-12-7-4-8-13-21/h3-8,10-13,27H,2,9,14-19H2,1H3. The molecule has 33 heavy (non-hydrogen) atoms. The van der Waals surface area contributed by atoms with Gasteiger partial charge >= 0.3 is 7.12 Å². The van der Waals surface area contributed by atoms with E-state index in [0.717, 1.165) is 58.8 Å². The van der Waals surface area contributed by atoms with Crippen LogP contribution in [0.2, 0.25) is 0 Å². The summed E-state index contributed by atoms with van der Waals surface area (Å²) in [5, 5.41) is 5.09. The summed E-state index contributed by atoms with van der Waals surface area (Å²) in [6.45, 7) is 5.03. The average Bonchev–Trinajstić information content (AvgIpc) is 2.83. The smallest absolute Gasteiger partial charge is 0.406 e. The molecule has 3 aromatic rings. The van der Waals surface area contributed by atoms with Crippen LogP contribution < -0.4 is 10.8 Å². The Labute approximate surface area is 205 Å². The van der Waals surface area contributed by atoms with Gasteiger partial charge in [-0.25, -0.2) is 9.97 Å². The molecule has 0 atom stereocenters. The lowest BCUT2D eigenvalue weighted by Gasteiger charge is -2.22. The van der Waals surface area contributed by atoms with Gasteiger partial charge in [0, 0.05) is 49.0 Å². The van der Waals surface area contributed by atoms with Crippen LogP contribution in [0, 0.1) is 0 Å². The van der Waals surface area contributed by atoms with Gasteiger partial charge in [-0.15, -0.1) is 11.8 Å². The highest BCUT2D eigenvalue weighted by Gasteiger charge is 2.31. The molecular formula is C25H30BN3O2S2. The third kappa shape index (κ3) is 7.32. The van der Waals surface area contributed by atoms with E-state index in [9.17, 15) is 0 Å². The van der Waals surface area contributed by atoms with E-state index in [-0.39, 0.29) is 0 Å². The fourth-order valence-corrected chi connectivity index (χ4v) is 5.47. The van der Waals surface area contributed by atoms with E-state index < -0.39 is 7.12 Å². The first kappa shape index (κ1) is 24.3. The molecule has 1 N–H and O–H groups in total. The van der Waals surface area contributed by atoms with E-state index in [1.54, 1.807) is 23.5 Å². The van der Waals surface area contributed by atoms with E-state index in [2.05, 4.69) is 60.8 Å². The van der Waals surface area contributed by atoms with Crippen LogP contribution in [0.25, 0.3) is 0 Å². The van der Waals surface area contributed by atoms with Gasteiger partial charge in [-0.2, -0.15) is 0 Å². The van der Waals surface area contributed by atoms with Crippen molar-refractivity contribution < 1.29 is 9.31 Å². The van der Waals surface area contributed by atoms with Crippen molar-refractivity contribution in [2.24, 2.45) is 0 Å². The first-order valence-corrected chi connectivity index (χ1v) is 13.5. The van der Waals surface area contributed by atoms with Crippen LogP contribution in [0.3, 0.4) is 0 Å².